The molecule has 100 valence electrons. The van der Waals surface area contributed by atoms with Crippen LogP contribution >= 0.6 is 11.8 Å². The number of hydrogen-bond donors (Lipinski definition) is 0. The van der Waals surface area contributed by atoms with Gasteiger partial charge in [-0.1, -0.05) is 25.1 Å². The van der Waals surface area contributed by atoms with Crippen molar-refractivity contribution in [1.29, 1.82) is 5.26 Å². The van der Waals surface area contributed by atoms with Crippen molar-refractivity contribution in [1.82, 2.24) is 0 Å². The molecule has 1 aliphatic rings. The van der Waals surface area contributed by atoms with E-state index in [1.165, 1.54) is 0 Å². The molecule has 0 radical (unpaired) electrons. The van der Waals surface area contributed by atoms with E-state index in [1.807, 2.05) is 24.5 Å². The standard InChI is InChI=1S/C16H19NOS/c1-12-6-3-4-7-13(12)11-18-15-8-5-9-16(19-2)14(15)10-17/h3-5,8-9,12-13H,6-7,11H2,1-2H3. The van der Waals surface area contributed by atoms with Crippen molar-refractivity contribution in [3.8, 4) is 11.8 Å². The number of thioether (sulfide) groups is 1. The van der Waals surface area contributed by atoms with E-state index in [-0.39, 0.29) is 0 Å². The lowest BCUT2D eigenvalue weighted by Gasteiger charge is -2.25. The second-order valence-electron chi connectivity index (χ2n) is 4.94. The highest BCUT2D eigenvalue weighted by atomic mass is 32.2. The third-order valence-corrected chi connectivity index (χ3v) is 4.47. The highest BCUT2D eigenvalue weighted by Gasteiger charge is 2.19. The van der Waals surface area contributed by atoms with Gasteiger partial charge in [-0.2, -0.15) is 5.26 Å². The number of allylic oxidation sites excluding steroid dienone is 2. The summed E-state index contributed by atoms with van der Waals surface area (Å²) in [5.41, 5.74) is 0.661. The van der Waals surface area contributed by atoms with Gasteiger partial charge >= 0.3 is 0 Å². The third kappa shape index (κ3) is 3.33. The summed E-state index contributed by atoms with van der Waals surface area (Å²) >= 11 is 1.58. The maximum Gasteiger partial charge on any atom is 0.138 e. The second kappa shape index (κ2) is 6.68. The van der Waals surface area contributed by atoms with Crippen LogP contribution in [0.5, 0.6) is 5.75 Å². The Morgan fingerprint density at radius 2 is 2.16 bits per heavy atom. The van der Waals surface area contributed by atoms with Crippen LogP contribution < -0.4 is 4.74 Å². The molecular weight excluding hydrogens is 254 g/mol. The lowest BCUT2D eigenvalue weighted by Crippen LogP contribution is -2.21. The summed E-state index contributed by atoms with van der Waals surface area (Å²) in [4.78, 5) is 0.983. The van der Waals surface area contributed by atoms with Crippen LogP contribution in [0, 0.1) is 23.2 Å². The van der Waals surface area contributed by atoms with Crippen molar-refractivity contribution in [3.63, 3.8) is 0 Å². The lowest BCUT2D eigenvalue weighted by molar-refractivity contribution is 0.197. The van der Waals surface area contributed by atoms with Crippen molar-refractivity contribution in [2.75, 3.05) is 12.9 Å². The van der Waals surface area contributed by atoms with Crippen molar-refractivity contribution >= 4 is 11.8 Å². The van der Waals surface area contributed by atoms with Crippen LogP contribution in [0.1, 0.15) is 25.3 Å². The van der Waals surface area contributed by atoms with E-state index in [0.29, 0.717) is 24.0 Å². The van der Waals surface area contributed by atoms with Gasteiger partial charge in [-0.25, -0.2) is 0 Å². The smallest absolute Gasteiger partial charge is 0.138 e. The summed E-state index contributed by atoms with van der Waals surface area (Å²) in [6, 6.07) is 8.06. The summed E-state index contributed by atoms with van der Waals surface area (Å²) in [7, 11) is 0. The first-order valence-corrected chi connectivity index (χ1v) is 7.83. The molecule has 1 aromatic rings. The number of nitriles is 1. The minimum Gasteiger partial charge on any atom is -0.492 e. The first kappa shape index (κ1) is 14.0. The van der Waals surface area contributed by atoms with Gasteiger partial charge in [-0.05, 0) is 43.1 Å². The van der Waals surface area contributed by atoms with Crippen LogP contribution in [0.25, 0.3) is 0 Å². The summed E-state index contributed by atoms with van der Waals surface area (Å²) in [5, 5.41) is 9.26. The van der Waals surface area contributed by atoms with Gasteiger partial charge < -0.3 is 4.74 Å². The van der Waals surface area contributed by atoms with Crippen molar-refractivity contribution < 1.29 is 4.74 Å². The Morgan fingerprint density at radius 1 is 1.37 bits per heavy atom. The first-order valence-electron chi connectivity index (χ1n) is 6.61. The average molecular weight is 273 g/mol. The molecule has 0 aliphatic heterocycles. The van der Waals surface area contributed by atoms with E-state index in [2.05, 4.69) is 25.1 Å². The topological polar surface area (TPSA) is 33.0 Å². The van der Waals surface area contributed by atoms with Gasteiger partial charge in [-0.3, -0.25) is 0 Å². The van der Waals surface area contributed by atoms with Crippen LogP contribution in [-0.4, -0.2) is 12.9 Å². The fourth-order valence-corrected chi connectivity index (χ4v) is 2.91. The lowest BCUT2D eigenvalue weighted by atomic mass is 9.85. The highest BCUT2D eigenvalue weighted by Crippen LogP contribution is 2.30. The molecule has 0 spiro atoms. The average Bonchev–Trinajstić information content (AvgIpc) is 2.45. The maximum atomic E-state index is 9.26. The molecule has 2 atom stereocenters. The van der Waals surface area contributed by atoms with Crippen LogP contribution in [0.2, 0.25) is 0 Å². The van der Waals surface area contributed by atoms with E-state index in [1.54, 1.807) is 11.8 Å². The Morgan fingerprint density at radius 3 is 2.84 bits per heavy atom. The van der Waals surface area contributed by atoms with Gasteiger partial charge in [0.2, 0.25) is 0 Å². The molecule has 0 fully saturated rings. The SMILES string of the molecule is CSc1cccc(OCC2CC=CCC2C)c1C#N. The third-order valence-electron chi connectivity index (χ3n) is 3.69. The maximum absolute atomic E-state index is 9.26. The Hall–Kier alpha value is -1.40. The summed E-state index contributed by atoms with van der Waals surface area (Å²) in [6.45, 7) is 2.96. The Balaban J connectivity index is 2.07. The molecule has 2 nitrogen and oxygen atoms in total. The second-order valence-corrected chi connectivity index (χ2v) is 5.78. The number of benzene rings is 1. The molecule has 0 saturated heterocycles. The van der Waals surface area contributed by atoms with Crippen molar-refractivity contribution in [3.05, 3.63) is 35.9 Å². The number of ether oxygens (including phenoxy) is 1. The molecule has 0 heterocycles. The largest absolute Gasteiger partial charge is 0.492 e. The Labute approximate surface area is 119 Å². The van der Waals surface area contributed by atoms with E-state index in [0.717, 1.165) is 23.5 Å². The number of nitrogens with zero attached hydrogens (tertiary/aromatic N) is 1. The van der Waals surface area contributed by atoms with E-state index >= 15 is 0 Å². The van der Waals surface area contributed by atoms with Crippen molar-refractivity contribution in [2.24, 2.45) is 11.8 Å². The predicted octanol–water partition coefficient (Wildman–Crippen LogP) is 4.26. The molecule has 2 rings (SSSR count). The highest BCUT2D eigenvalue weighted by molar-refractivity contribution is 7.98. The minimum absolute atomic E-state index is 0.550. The predicted molar refractivity (Wildman–Crippen MR) is 79.5 cm³/mol. The quantitative estimate of drug-likeness (QED) is 0.607. The van der Waals surface area contributed by atoms with E-state index in [4.69, 9.17) is 4.74 Å². The molecule has 0 N–H and O–H groups in total. The normalized spacial score (nSPS) is 21.9. The van der Waals surface area contributed by atoms with Crippen molar-refractivity contribution in [2.45, 2.75) is 24.7 Å². The molecule has 2 unspecified atom stereocenters. The minimum atomic E-state index is 0.550. The van der Waals surface area contributed by atoms with Gasteiger partial charge in [0.05, 0.1) is 6.61 Å². The molecule has 0 saturated carbocycles. The molecular formula is C16H19NOS. The summed E-state index contributed by atoms with van der Waals surface area (Å²) in [5.74, 6) is 1.92. The monoisotopic (exact) mass is 273 g/mol. The fraction of sp³-hybridized carbons (Fsp3) is 0.438. The summed E-state index contributed by atoms with van der Waals surface area (Å²) < 4.78 is 5.91. The van der Waals surface area contributed by atoms with Crippen LogP contribution in [0.4, 0.5) is 0 Å². The Bertz CT molecular complexity index is 504. The first-order chi connectivity index (χ1) is 9.26. The summed E-state index contributed by atoms with van der Waals surface area (Å²) in [6.07, 6.45) is 8.66. The fourth-order valence-electron chi connectivity index (χ4n) is 2.35. The zero-order valence-corrected chi connectivity index (χ0v) is 12.2. The van der Waals surface area contributed by atoms with Gasteiger partial charge in [0.15, 0.2) is 0 Å². The zero-order valence-electron chi connectivity index (χ0n) is 11.4. The van der Waals surface area contributed by atoms with Crippen LogP contribution in [0.15, 0.2) is 35.2 Å². The molecule has 1 aromatic carbocycles. The zero-order chi connectivity index (χ0) is 13.7. The molecule has 3 heteroatoms. The number of hydrogen-bond acceptors (Lipinski definition) is 3. The van der Waals surface area contributed by atoms with Gasteiger partial charge in [0, 0.05) is 4.90 Å². The Kier molecular flexibility index (Phi) is 4.93. The molecule has 1 aliphatic carbocycles. The number of rotatable bonds is 4. The van der Waals surface area contributed by atoms with E-state index in [9.17, 15) is 5.26 Å². The molecule has 0 bridgehead atoms. The molecule has 0 aromatic heterocycles. The van der Waals surface area contributed by atoms with Gasteiger partial charge in [0.25, 0.3) is 0 Å². The van der Waals surface area contributed by atoms with Crippen LogP contribution in [-0.2, 0) is 0 Å². The van der Waals surface area contributed by atoms with E-state index < -0.39 is 0 Å². The van der Waals surface area contributed by atoms with Gasteiger partial charge in [-0.15, -0.1) is 11.8 Å². The molecule has 19 heavy (non-hydrogen) atoms. The van der Waals surface area contributed by atoms with Gasteiger partial charge in [0.1, 0.15) is 17.4 Å². The molecule has 0 amide bonds. The van der Waals surface area contributed by atoms with Crippen LogP contribution in [0.3, 0.4) is 0 Å².